The molecule has 0 radical (unpaired) electrons. The van der Waals surface area contributed by atoms with Gasteiger partial charge >= 0.3 is 6.18 Å². The number of amides is 1. The zero-order chi connectivity index (χ0) is 26.1. The van der Waals surface area contributed by atoms with Crippen molar-refractivity contribution >= 4 is 11.7 Å². The number of hydrogen-bond donors (Lipinski definition) is 2. The summed E-state index contributed by atoms with van der Waals surface area (Å²) in [7, 11) is 0. The lowest BCUT2D eigenvalue weighted by molar-refractivity contribution is -0.138. The molecule has 1 aliphatic heterocycles. The van der Waals surface area contributed by atoms with Crippen LogP contribution < -0.4 is 10.6 Å². The third-order valence-electron chi connectivity index (χ3n) is 6.83. The van der Waals surface area contributed by atoms with Crippen LogP contribution in [-0.4, -0.2) is 21.4 Å². The zero-order valence-electron chi connectivity index (χ0n) is 20.8. The van der Waals surface area contributed by atoms with Crippen molar-refractivity contribution < 1.29 is 27.4 Å². The Bertz CT molecular complexity index is 1150. The number of nitrogens with one attached hydrogen (secondary N) is 2. The molecule has 1 aliphatic carbocycles. The van der Waals surface area contributed by atoms with E-state index in [4.69, 9.17) is 9.47 Å². The number of hydrogen-bond acceptors (Lipinski definition) is 6. The SMILES string of the molecule is CC[C@@H](Nc1nc(C)nc(CC(=O)NC2(C)CCC2)c1C1OC=CO1)c1cccc(C(F)(F)F)c1C. The van der Waals surface area contributed by atoms with Gasteiger partial charge in [-0.25, -0.2) is 9.97 Å². The monoisotopic (exact) mass is 504 g/mol. The van der Waals surface area contributed by atoms with Gasteiger partial charge in [0.2, 0.25) is 5.91 Å². The molecule has 10 heteroatoms. The summed E-state index contributed by atoms with van der Waals surface area (Å²) in [6.45, 7) is 7.07. The van der Waals surface area contributed by atoms with Gasteiger partial charge in [-0.1, -0.05) is 19.1 Å². The Hall–Kier alpha value is -3.30. The minimum atomic E-state index is -4.45. The average Bonchev–Trinajstić information content (AvgIpc) is 3.30. The highest BCUT2D eigenvalue weighted by atomic mass is 19.4. The van der Waals surface area contributed by atoms with E-state index in [1.165, 1.54) is 25.5 Å². The number of benzene rings is 1. The quantitative estimate of drug-likeness (QED) is 0.473. The molecule has 36 heavy (non-hydrogen) atoms. The van der Waals surface area contributed by atoms with Gasteiger partial charge in [-0.3, -0.25) is 4.79 Å². The molecule has 2 aliphatic rings. The Morgan fingerprint density at radius 3 is 2.47 bits per heavy atom. The topological polar surface area (TPSA) is 85.4 Å². The van der Waals surface area contributed by atoms with Crippen molar-refractivity contribution in [1.29, 1.82) is 0 Å². The average molecular weight is 505 g/mol. The Balaban J connectivity index is 1.69. The molecule has 1 aromatic heterocycles. The number of aromatic nitrogens is 2. The minimum Gasteiger partial charge on any atom is -0.455 e. The maximum atomic E-state index is 13.5. The number of alkyl halides is 3. The van der Waals surface area contributed by atoms with Gasteiger partial charge in [0.25, 0.3) is 6.29 Å². The minimum absolute atomic E-state index is 0.00837. The first-order valence-corrected chi connectivity index (χ1v) is 12.1. The highest BCUT2D eigenvalue weighted by Gasteiger charge is 2.36. The molecule has 1 fully saturated rings. The summed E-state index contributed by atoms with van der Waals surface area (Å²) in [5.41, 5.74) is 0.666. The summed E-state index contributed by atoms with van der Waals surface area (Å²) in [4.78, 5) is 21.9. The number of nitrogens with zero attached hydrogens (tertiary/aromatic N) is 2. The normalized spacial score (nSPS) is 17.6. The molecule has 2 N–H and O–H groups in total. The van der Waals surface area contributed by atoms with Gasteiger partial charge < -0.3 is 20.1 Å². The van der Waals surface area contributed by atoms with E-state index in [9.17, 15) is 18.0 Å². The van der Waals surface area contributed by atoms with Crippen molar-refractivity contribution in [3.63, 3.8) is 0 Å². The molecule has 194 valence electrons. The Morgan fingerprint density at radius 1 is 1.19 bits per heavy atom. The number of anilines is 1. The maximum absolute atomic E-state index is 13.5. The molecule has 2 aromatic rings. The maximum Gasteiger partial charge on any atom is 0.416 e. The molecular weight excluding hydrogens is 473 g/mol. The van der Waals surface area contributed by atoms with E-state index in [1.54, 1.807) is 13.0 Å². The van der Waals surface area contributed by atoms with Gasteiger partial charge in [0.1, 0.15) is 24.2 Å². The van der Waals surface area contributed by atoms with Crippen LogP contribution in [0.3, 0.4) is 0 Å². The van der Waals surface area contributed by atoms with Gasteiger partial charge in [-0.05, 0) is 63.6 Å². The van der Waals surface area contributed by atoms with Crippen LogP contribution in [0.4, 0.5) is 19.0 Å². The number of ether oxygens (including phenoxy) is 2. The number of carbonyl (C=O) groups is 1. The number of halogens is 3. The number of carbonyl (C=O) groups excluding carboxylic acids is 1. The van der Waals surface area contributed by atoms with Crippen molar-refractivity contribution in [2.45, 2.75) is 83.8 Å². The van der Waals surface area contributed by atoms with Crippen molar-refractivity contribution in [3.8, 4) is 0 Å². The highest BCUT2D eigenvalue weighted by Crippen LogP contribution is 2.38. The van der Waals surface area contributed by atoms with Crippen LogP contribution in [0.2, 0.25) is 0 Å². The second-order valence-corrected chi connectivity index (χ2v) is 9.62. The summed E-state index contributed by atoms with van der Waals surface area (Å²) >= 11 is 0. The molecule has 0 saturated heterocycles. The summed E-state index contributed by atoms with van der Waals surface area (Å²) in [5, 5.41) is 6.38. The van der Waals surface area contributed by atoms with Crippen molar-refractivity contribution in [1.82, 2.24) is 15.3 Å². The fourth-order valence-electron chi connectivity index (χ4n) is 4.77. The lowest BCUT2D eigenvalue weighted by atomic mass is 9.78. The summed E-state index contributed by atoms with van der Waals surface area (Å²) < 4.78 is 51.8. The molecule has 0 unspecified atom stereocenters. The van der Waals surface area contributed by atoms with Crippen LogP contribution in [0.25, 0.3) is 0 Å². The third kappa shape index (κ3) is 5.42. The van der Waals surface area contributed by atoms with Crippen LogP contribution in [0.15, 0.2) is 30.7 Å². The first kappa shape index (κ1) is 25.8. The number of aryl methyl sites for hydroxylation is 1. The van der Waals surface area contributed by atoms with E-state index in [1.807, 2.05) is 13.8 Å². The van der Waals surface area contributed by atoms with Gasteiger partial charge in [-0.2, -0.15) is 13.2 Å². The molecular formula is C26H31F3N4O3. The van der Waals surface area contributed by atoms with Crippen LogP contribution in [0.5, 0.6) is 0 Å². The smallest absolute Gasteiger partial charge is 0.416 e. The van der Waals surface area contributed by atoms with Crippen LogP contribution in [0.1, 0.15) is 85.6 Å². The van der Waals surface area contributed by atoms with E-state index < -0.39 is 24.1 Å². The molecule has 4 rings (SSSR count). The van der Waals surface area contributed by atoms with Crippen LogP contribution in [0, 0.1) is 13.8 Å². The fraction of sp³-hybridized carbons (Fsp3) is 0.500. The van der Waals surface area contributed by atoms with Crippen molar-refractivity contribution in [2.75, 3.05) is 5.32 Å². The third-order valence-corrected chi connectivity index (χ3v) is 6.83. The molecule has 1 aromatic carbocycles. The van der Waals surface area contributed by atoms with E-state index in [2.05, 4.69) is 20.6 Å². The Labute approximate surface area is 208 Å². The second kappa shape index (κ2) is 9.99. The predicted molar refractivity (Wildman–Crippen MR) is 128 cm³/mol. The lowest BCUT2D eigenvalue weighted by Crippen LogP contribution is -2.51. The molecule has 0 spiro atoms. The first-order chi connectivity index (χ1) is 17.0. The predicted octanol–water partition coefficient (Wildman–Crippen LogP) is 5.79. The van der Waals surface area contributed by atoms with E-state index in [0.29, 0.717) is 34.9 Å². The van der Waals surface area contributed by atoms with E-state index in [-0.39, 0.29) is 23.4 Å². The first-order valence-electron chi connectivity index (χ1n) is 12.1. The molecule has 0 bridgehead atoms. The number of rotatable bonds is 8. The molecule has 2 heterocycles. The zero-order valence-corrected chi connectivity index (χ0v) is 20.8. The van der Waals surface area contributed by atoms with Crippen LogP contribution >= 0.6 is 0 Å². The van der Waals surface area contributed by atoms with E-state index >= 15 is 0 Å². The highest BCUT2D eigenvalue weighted by molar-refractivity contribution is 5.80. The second-order valence-electron chi connectivity index (χ2n) is 9.62. The standard InChI is InChI=1S/C26H31F3N4O3/c1-5-19(17-8-6-9-18(15(17)2)26(27,28)29)32-23-22(24-35-12-13-36-24)20(30-16(3)31-23)14-21(34)33-25(4)10-7-11-25/h6,8-9,12-13,19,24H,5,7,10-11,14H2,1-4H3,(H,33,34)(H,30,31,32)/t19-/m1/s1. The van der Waals surface area contributed by atoms with Crippen molar-refractivity contribution in [2.24, 2.45) is 0 Å². The Kier molecular flexibility index (Phi) is 7.15. The van der Waals surface area contributed by atoms with Gasteiger partial charge in [-0.15, -0.1) is 0 Å². The van der Waals surface area contributed by atoms with Gasteiger partial charge in [0.15, 0.2) is 0 Å². The van der Waals surface area contributed by atoms with Crippen molar-refractivity contribution in [3.05, 3.63) is 64.5 Å². The van der Waals surface area contributed by atoms with Gasteiger partial charge in [0.05, 0.1) is 29.3 Å². The fourth-order valence-corrected chi connectivity index (χ4v) is 4.77. The van der Waals surface area contributed by atoms with E-state index in [0.717, 1.165) is 25.3 Å². The molecule has 1 amide bonds. The largest absolute Gasteiger partial charge is 0.455 e. The van der Waals surface area contributed by atoms with Gasteiger partial charge in [0, 0.05) is 5.54 Å². The summed E-state index contributed by atoms with van der Waals surface area (Å²) in [5.74, 6) is 0.604. The van der Waals surface area contributed by atoms with Crippen LogP contribution in [-0.2, 0) is 26.9 Å². The lowest BCUT2D eigenvalue weighted by Gasteiger charge is -2.39. The summed E-state index contributed by atoms with van der Waals surface area (Å²) in [6, 6.07) is 3.69. The molecule has 1 saturated carbocycles. The molecule has 7 nitrogen and oxygen atoms in total. The summed E-state index contributed by atoms with van der Waals surface area (Å²) in [6.07, 6.45) is 0.854. The molecule has 1 atom stereocenters. The Morgan fingerprint density at radius 2 is 1.89 bits per heavy atom.